The number of aromatic nitrogens is 2. The molecule has 0 unspecified atom stereocenters. The van der Waals surface area contributed by atoms with E-state index in [1.165, 1.54) is 12.0 Å². The number of carbonyl (C=O) groups excluding carboxylic acids is 3. The van der Waals surface area contributed by atoms with Crippen molar-refractivity contribution in [3.63, 3.8) is 0 Å². The molecule has 1 N–H and O–H groups in total. The Hall–Kier alpha value is -2.95. The van der Waals surface area contributed by atoms with Crippen LogP contribution < -0.4 is 5.32 Å². The highest BCUT2D eigenvalue weighted by molar-refractivity contribution is 5.98. The Morgan fingerprint density at radius 1 is 1.10 bits per heavy atom. The fourth-order valence-electron chi connectivity index (χ4n) is 5.39. The number of esters is 1. The van der Waals surface area contributed by atoms with E-state index in [-0.39, 0.29) is 42.8 Å². The summed E-state index contributed by atoms with van der Waals surface area (Å²) in [4.78, 5) is 43.3. The van der Waals surface area contributed by atoms with Gasteiger partial charge in [-0.1, -0.05) is 13.8 Å². The van der Waals surface area contributed by atoms with Gasteiger partial charge in [0.05, 0.1) is 36.6 Å². The number of methoxy groups -OCH3 is 2. The smallest absolute Gasteiger partial charge is 0.410 e. The van der Waals surface area contributed by atoms with E-state index in [1.807, 2.05) is 19.9 Å². The second-order valence-electron chi connectivity index (χ2n) is 12.8. The van der Waals surface area contributed by atoms with Crippen LogP contribution in [0.3, 0.4) is 0 Å². The first-order valence-corrected chi connectivity index (χ1v) is 14.4. The summed E-state index contributed by atoms with van der Waals surface area (Å²) in [7, 11) is 3.05. The van der Waals surface area contributed by atoms with Crippen LogP contribution >= 0.6 is 0 Å². The van der Waals surface area contributed by atoms with Crippen molar-refractivity contribution in [3.05, 3.63) is 17.5 Å². The molecule has 0 radical (unpaired) electrons. The quantitative estimate of drug-likeness (QED) is 0.450. The van der Waals surface area contributed by atoms with Gasteiger partial charge in [0.1, 0.15) is 5.60 Å². The highest BCUT2D eigenvalue weighted by Crippen LogP contribution is 2.40. The van der Waals surface area contributed by atoms with E-state index >= 15 is 0 Å². The molecule has 11 heteroatoms. The lowest BCUT2D eigenvalue weighted by Crippen LogP contribution is -2.57. The molecule has 40 heavy (non-hydrogen) atoms. The van der Waals surface area contributed by atoms with Crippen molar-refractivity contribution in [3.8, 4) is 0 Å². The summed E-state index contributed by atoms with van der Waals surface area (Å²) < 4.78 is 16.1. The van der Waals surface area contributed by atoms with Gasteiger partial charge in [-0.3, -0.25) is 9.59 Å². The third-order valence-electron chi connectivity index (χ3n) is 7.68. The van der Waals surface area contributed by atoms with E-state index in [4.69, 9.17) is 14.2 Å². The minimum Gasteiger partial charge on any atom is -0.469 e. The van der Waals surface area contributed by atoms with Crippen LogP contribution in [0.5, 0.6) is 0 Å². The Balaban J connectivity index is 1.63. The maximum atomic E-state index is 14.3. The van der Waals surface area contributed by atoms with E-state index in [9.17, 15) is 14.4 Å². The van der Waals surface area contributed by atoms with Crippen LogP contribution in [0, 0.1) is 11.8 Å². The minimum absolute atomic E-state index is 0.140. The monoisotopic (exact) mass is 559 g/mol. The van der Waals surface area contributed by atoms with E-state index < -0.39 is 29.6 Å². The van der Waals surface area contributed by atoms with Gasteiger partial charge in [-0.25, -0.2) is 4.79 Å². The number of ether oxygens (including phenoxy) is 3. The van der Waals surface area contributed by atoms with Crippen molar-refractivity contribution in [2.45, 2.75) is 96.4 Å². The van der Waals surface area contributed by atoms with Gasteiger partial charge < -0.3 is 29.3 Å². The third-order valence-corrected chi connectivity index (χ3v) is 7.68. The summed E-state index contributed by atoms with van der Waals surface area (Å²) in [6.07, 6.45) is 3.93. The third kappa shape index (κ3) is 7.41. The number of amides is 2. The normalized spacial score (nSPS) is 24.8. The van der Waals surface area contributed by atoms with E-state index in [2.05, 4.69) is 15.5 Å². The summed E-state index contributed by atoms with van der Waals surface area (Å²) in [6.45, 7) is 10.3. The Bertz CT molecular complexity index is 1080. The van der Waals surface area contributed by atoms with Gasteiger partial charge in [0.25, 0.3) is 5.91 Å². The lowest BCUT2D eigenvalue weighted by atomic mass is 9.89. The first-order valence-electron chi connectivity index (χ1n) is 14.4. The number of piperidine rings is 1. The fraction of sp³-hybridized carbons (Fsp3) is 0.759. The number of hydrogen-bond donors (Lipinski definition) is 1. The van der Waals surface area contributed by atoms with Crippen LogP contribution in [-0.4, -0.2) is 95.6 Å². The van der Waals surface area contributed by atoms with Crippen LogP contribution in [-0.2, 0) is 19.0 Å². The van der Waals surface area contributed by atoms with Gasteiger partial charge in [-0.15, -0.1) is 5.10 Å². The number of rotatable bonds is 9. The molecule has 2 amide bonds. The Morgan fingerprint density at radius 2 is 1.80 bits per heavy atom. The van der Waals surface area contributed by atoms with Crippen molar-refractivity contribution in [1.82, 2.24) is 20.0 Å². The largest absolute Gasteiger partial charge is 0.469 e. The van der Waals surface area contributed by atoms with Crippen LogP contribution in [0.2, 0.25) is 0 Å². The molecule has 222 valence electrons. The molecular weight excluding hydrogens is 514 g/mol. The molecule has 2 aliphatic carbocycles. The van der Waals surface area contributed by atoms with Crippen molar-refractivity contribution in [2.75, 3.05) is 39.2 Å². The van der Waals surface area contributed by atoms with Crippen LogP contribution in [0.4, 0.5) is 10.5 Å². The Kier molecular flexibility index (Phi) is 9.22. The van der Waals surface area contributed by atoms with E-state index in [0.29, 0.717) is 24.6 Å². The molecule has 1 saturated heterocycles. The molecule has 2 atom stereocenters. The molecule has 1 aromatic heterocycles. The molecule has 0 spiro atoms. The topological polar surface area (TPSA) is 123 Å². The molecular formula is C29H45N5O6. The summed E-state index contributed by atoms with van der Waals surface area (Å²) in [5.74, 6) is -0.738. The zero-order valence-corrected chi connectivity index (χ0v) is 24.9. The molecule has 3 aliphatic rings. The maximum Gasteiger partial charge on any atom is 0.410 e. The lowest BCUT2D eigenvalue weighted by Gasteiger charge is -2.42. The molecule has 2 heterocycles. The molecule has 4 rings (SSSR count). The Labute approximate surface area is 237 Å². The number of carbonyl (C=O) groups is 3. The van der Waals surface area contributed by atoms with Gasteiger partial charge >= 0.3 is 12.1 Å². The van der Waals surface area contributed by atoms with Crippen molar-refractivity contribution >= 4 is 23.7 Å². The number of nitrogens with one attached hydrogen (secondary N) is 1. The standard InChI is InChI=1S/C29H45N5O6/c1-17(2)14-34(21-10-19(27(36)39-7)15-33(16-21)28(37)40-29(3,4)5)26(35)25-24(30-20-11-22(12-20)38-6)13-23(31-32-25)18-8-9-18/h13,17-22H,8-12,14-16H2,1-7H3,(H,30,31)/t19-,20?,21+,22?/m1/s1. The second-order valence-corrected chi connectivity index (χ2v) is 12.8. The number of nitrogens with zero attached hydrogens (tertiary/aromatic N) is 4. The zero-order valence-electron chi connectivity index (χ0n) is 24.9. The SMILES string of the molecule is COC(=O)[C@@H]1C[C@H](N(CC(C)C)C(=O)c2nnc(C3CC3)cc2NC2CC(OC)C2)CN(C(=O)OC(C)(C)C)C1. The Morgan fingerprint density at radius 3 is 2.38 bits per heavy atom. The molecule has 11 nitrogen and oxygen atoms in total. The first kappa shape index (κ1) is 30.0. The second kappa shape index (κ2) is 12.3. The zero-order chi connectivity index (χ0) is 29.2. The average molecular weight is 560 g/mol. The van der Waals surface area contributed by atoms with Gasteiger partial charge in [-0.05, 0) is 64.9 Å². The minimum atomic E-state index is -0.693. The summed E-state index contributed by atoms with van der Waals surface area (Å²) in [5, 5.41) is 12.4. The summed E-state index contributed by atoms with van der Waals surface area (Å²) in [6, 6.07) is 1.73. The molecule has 3 fully saturated rings. The van der Waals surface area contributed by atoms with Crippen molar-refractivity contribution < 1.29 is 28.6 Å². The molecule has 0 aromatic carbocycles. The number of anilines is 1. The number of likely N-dealkylation sites (tertiary alicyclic amines) is 1. The summed E-state index contributed by atoms with van der Waals surface area (Å²) >= 11 is 0. The molecule has 2 saturated carbocycles. The molecule has 1 aliphatic heterocycles. The highest BCUT2D eigenvalue weighted by atomic mass is 16.6. The average Bonchev–Trinajstić information content (AvgIpc) is 3.72. The van der Waals surface area contributed by atoms with E-state index in [0.717, 1.165) is 31.4 Å². The van der Waals surface area contributed by atoms with Gasteiger partial charge in [0.2, 0.25) is 0 Å². The first-order chi connectivity index (χ1) is 18.9. The summed E-state index contributed by atoms with van der Waals surface area (Å²) in [5.41, 5.74) is 1.15. The van der Waals surface area contributed by atoms with Crippen molar-refractivity contribution in [1.29, 1.82) is 0 Å². The molecule has 0 bridgehead atoms. The van der Waals surface area contributed by atoms with Crippen LogP contribution in [0.25, 0.3) is 0 Å². The van der Waals surface area contributed by atoms with E-state index in [1.54, 1.807) is 32.8 Å². The van der Waals surface area contributed by atoms with Crippen LogP contribution in [0.1, 0.15) is 88.8 Å². The van der Waals surface area contributed by atoms with Gasteiger partial charge in [0, 0.05) is 38.7 Å². The predicted octanol–water partition coefficient (Wildman–Crippen LogP) is 3.84. The fourth-order valence-corrected chi connectivity index (χ4v) is 5.39. The maximum absolute atomic E-state index is 14.3. The molecule has 1 aromatic rings. The number of hydrogen-bond acceptors (Lipinski definition) is 9. The van der Waals surface area contributed by atoms with Crippen LogP contribution in [0.15, 0.2) is 6.07 Å². The van der Waals surface area contributed by atoms with Crippen molar-refractivity contribution in [2.24, 2.45) is 11.8 Å². The predicted molar refractivity (Wildman–Crippen MR) is 149 cm³/mol. The van der Waals surface area contributed by atoms with Gasteiger partial charge in [0.15, 0.2) is 5.69 Å². The van der Waals surface area contributed by atoms with Gasteiger partial charge in [-0.2, -0.15) is 5.10 Å². The highest BCUT2D eigenvalue weighted by Gasteiger charge is 2.41. The lowest BCUT2D eigenvalue weighted by molar-refractivity contribution is -0.148.